The monoisotopic (exact) mass is 235 g/mol. The summed E-state index contributed by atoms with van der Waals surface area (Å²) in [7, 11) is 0. The standard InChI is InChI=1S/C15H25NO/c1-3-14(2,16)13(17)15-7-10-4-11(8-15)6-12(5-10)9-15/h10-12H,3-9,16H2,1-2H3. The molecule has 0 radical (unpaired) electrons. The zero-order valence-corrected chi connectivity index (χ0v) is 11.2. The summed E-state index contributed by atoms with van der Waals surface area (Å²) in [5, 5.41) is 0. The number of carbonyl (C=O) groups excluding carboxylic acids is 1. The van der Waals surface area contributed by atoms with Crippen LogP contribution in [0.1, 0.15) is 58.8 Å². The smallest absolute Gasteiger partial charge is 0.158 e. The lowest BCUT2D eigenvalue weighted by atomic mass is 9.47. The highest BCUT2D eigenvalue weighted by Crippen LogP contribution is 2.61. The van der Waals surface area contributed by atoms with E-state index in [9.17, 15) is 4.79 Å². The predicted octanol–water partition coefficient (Wildman–Crippen LogP) is 2.90. The van der Waals surface area contributed by atoms with Crippen molar-refractivity contribution in [3.8, 4) is 0 Å². The van der Waals surface area contributed by atoms with Gasteiger partial charge in [-0.2, -0.15) is 0 Å². The molecule has 4 aliphatic carbocycles. The van der Waals surface area contributed by atoms with E-state index in [1.54, 1.807) is 0 Å². The third-order valence-corrected chi connectivity index (χ3v) is 5.77. The Bertz CT molecular complexity index is 310. The molecule has 2 heteroatoms. The number of hydrogen-bond acceptors (Lipinski definition) is 2. The summed E-state index contributed by atoms with van der Waals surface area (Å²) >= 11 is 0. The first-order chi connectivity index (χ1) is 7.95. The molecule has 0 spiro atoms. The minimum atomic E-state index is -0.592. The van der Waals surface area contributed by atoms with Crippen molar-refractivity contribution in [2.75, 3.05) is 0 Å². The molecular weight excluding hydrogens is 210 g/mol. The summed E-state index contributed by atoms with van der Waals surface area (Å²) in [6.45, 7) is 3.98. The Balaban J connectivity index is 1.89. The van der Waals surface area contributed by atoms with Gasteiger partial charge in [-0.1, -0.05) is 6.92 Å². The van der Waals surface area contributed by atoms with Crippen LogP contribution in [0.3, 0.4) is 0 Å². The SMILES string of the molecule is CCC(C)(N)C(=O)C12CC3CC(CC(C3)C1)C2. The highest BCUT2D eigenvalue weighted by molar-refractivity contribution is 5.93. The zero-order valence-electron chi connectivity index (χ0n) is 11.2. The molecule has 0 saturated heterocycles. The molecule has 1 unspecified atom stereocenters. The van der Waals surface area contributed by atoms with Crippen LogP contribution >= 0.6 is 0 Å². The lowest BCUT2D eigenvalue weighted by molar-refractivity contribution is -0.149. The fourth-order valence-corrected chi connectivity index (χ4v) is 5.16. The predicted molar refractivity (Wildman–Crippen MR) is 68.5 cm³/mol. The van der Waals surface area contributed by atoms with E-state index < -0.39 is 5.54 Å². The van der Waals surface area contributed by atoms with Crippen molar-refractivity contribution in [3.63, 3.8) is 0 Å². The summed E-state index contributed by atoms with van der Waals surface area (Å²) in [5.74, 6) is 2.88. The zero-order chi connectivity index (χ0) is 12.3. The van der Waals surface area contributed by atoms with Gasteiger partial charge in [0.15, 0.2) is 5.78 Å². The molecule has 1 atom stereocenters. The van der Waals surface area contributed by atoms with Gasteiger partial charge in [0, 0.05) is 5.41 Å². The van der Waals surface area contributed by atoms with Crippen molar-refractivity contribution in [2.24, 2.45) is 28.9 Å². The molecule has 0 amide bonds. The third kappa shape index (κ3) is 1.68. The van der Waals surface area contributed by atoms with Gasteiger partial charge in [0.25, 0.3) is 0 Å². The van der Waals surface area contributed by atoms with E-state index in [4.69, 9.17) is 5.73 Å². The van der Waals surface area contributed by atoms with Crippen molar-refractivity contribution in [1.82, 2.24) is 0 Å². The van der Waals surface area contributed by atoms with Crippen LogP contribution < -0.4 is 5.73 Å². The number of ketones is 1. The number of Topliss-reactive ketones (excluding diaryl/α,β-unsaturated/α-hetero) is 1. The van der Waals surface area contributed by atoms with Crippen LogP contribution in [0, 0.1) is 23.2 Å². The lowest BCUT2D eigenvalue weighted by Gasteiger charge is -2.57. The maximum atomic E-state index is 12.8. The third-order valence-electron chi connectivity index (χ3n) is 5.77. The van der Waals surface area contributed by atoms with E-state index in [2.05, 4.69) is 0 Å². The van der Waals surface area contributed by atoms with E-state index in [0.717, 1.165) is 43.4 Å². The fourth-order valence-electron chi connectivity index (χ4n) is 5.16. The molecule has 0 aromatic carbocycles. The average molecular weight is 235 g/mol. The highest BCUT2D eigenvalue weighted by atomic mass is 16.1. The topological polar surface area (TPSA) is 43.1 Å². The molecule has 4 bridgehead atoms. The van der Waals surface area contributed by atoms with Crippen molar-refractivity contribution in [3.05, 3.63) is 0 Å². The molecule has 4 rings (SSSR count). The number of rotatable bonds is 3. The van der Waals surface area contributed by atoms with E-state index >= 15 is 0 Å². The van der Waals surface area contributed by atoms with E-state index in [0.29, 0.717) is 5.78 Å². The summed E-state index contributed by atoms with van der Waals surface area (Å²) < 4.78 is 0. The normalized spacial score (nSPS) is 46.9. The molecule has 17 heavy (non-hydrogen) atoms. The Morgan fingerprint density at radius 3 is 1.94 bits per heavy atom. The summed E-state index contributed by atoms with van der Waals surface area (Å²) in [6.07, 6.45) is 8.37. The van der Waals surface area contributed by atoms with Crippen LogP contribution in [0.2, 0.25) is 0 Å². The van der Waals surface area contributed by atoms with Gasteiger partial charge in [-0.3, -0.25) is 4.79 Å². The van der Waals surface area contributed by atoms with Crippen LogP contribution in [0.5, 0.6) is 0 Å². The van der Waals surface area contributed by atoms with Gasteiger partial charge in [-0.25, -0.2) is 0 Å². The maximum Gasteiger partial charge on any atom is 0.158 e. The number of carbonyl (C=O) groups is 1. The molecule has 0 heterocycles. The highest BCUT2D eigenvalue weighted by Gasteiger charge is 2.56. The minimum Gasteiger partial charge on any atom is -0.319 e. The molecular formula is C15H25NO. The second-order valence-corrected chi connectivity index (χ2v) is 7.30. The molecule has 4 aliphatic rings. The maximum absolute atomic E-state index is 12.8. The quantitative estimate of drug-likeness (QED) is 0.817. The summed E-state index contributed by atoms with van der Waals surface area (Å²) in [6, 6.07) is 0. The Kier molecular flexibility index (Phi) is 2.46. The van der Waals surface area contributed by atoms with Gasteiger partial charge in [0.05, 0.1) is 5.54 Å². The van der Waals surface area contributed by atoms with Crippen molar-refractivity contribution >= 4 is 5.78 Å². The molecule has 96 valence electrons. The van der Waals surface area contributed by atoms with Crippen molar-refractivity contribution < 1.29 is 4.79 Å². The molecule has 0 aromatic heterocycles. The van der Waals surface area contributed by atoms with Gasteiger partial charge in [0.2, 0.25) is 0 Å². The molecule has 4 saturated carbocycles. The lowest BCUT2D eigenvalue weighted by Crippen LogP contribution is -2.58. The molecule has 0 aliphatic heterocycles. The number of nitrogens with two attached hydrogens (primary N) is 1. The first-order valence-corrected chi connectivity index (χ1v) is 7.29. The van der Waals surface area contributed by atoms with Gasteiger partial charge in [-0.15, -0.1) is 0 Å². The minimum absolute atomic E-state index is 0.0196. The fraction of sp³-hybridized carbons (Fsp3) is 0.933. The molecule has 2 nitrogen and oxygen atoms in total. The van der Waals surface area contributed by atoms with Crippen LogP contribution in [0.15, 0.2) is 0 Å². The Hall–Kier alpha value is -0.370. The first-order valence-electron chi connectivity index (χ1n) is 7.29. The van der Waals surface area contributed by atoms with Crippen LogP contribution in [0.4, 0.5) is 0 Å². The Morgan fingerprint density at radius 1 is 1.18 bits per heavy atom. The van der Waals surface area contributed by atoms with Crippen molar-refractivity contribution in [1.29, 1.82) is 0 Å². The van der Waals surface area contributed by atoms with Crippen molar-refractivity contribution in [2.45, 2.75) is 64.3 Å². The first kappa shape index (κ1) is 11.7. The number of hydrogen-bond donors (Lipinski definition) is 1. The second-order valence-electron chi connectivity index (χ2n) is 7.30. The van der Waals surface area contributed by atoms with E-state index in [1.165, 1.54) is 19.3 Å². The van der Waals surface area contributed by atoms with Gasteiger partial charge in [0.1, 0.15) is 0 Å². The Morgan fingerprint density at radius 2 is 1.59 bits per heavy atom. The molecule has 0 aromatic rings. The van der Waals surface area contributed by atoms with Gasteiger partial charge < -0.3 is 5.73 Å². The summed E-state index contributed by atoms with van der Waals surface area (Å²) in [5.41, 5.74) is 5.62. The van der Waals surface area contributed by atoms with E-state index in [-0.39, 0.29) is 5.41 Å². The van der Waals surface area contributed by atoms with Crippen LogP contribution in [-0.2, 0) is 4.79 Å². The van der Waals surface area contributed by atoms with Gasteiger partial charge in [-0.05, 0) is 69.6 Å². The van der Waals surface area contributed by atoms with Crippen LogP contribution in [-0.4, -0.2) is 11.3 Å². The second kappa shape index (κ2) is 3.57. The summed E-state index contributed by atoms with van der Waals surface area (Å²) in [4.78, 5) is 12.8. The van der Waals surface area contributed by atoms with Crippen LogP contribution in [0.25, 0.3) is 0 Å². The van der Waals surface area contributed by atoms with E-state index in [1.807, 2.05) is 13.8 Å². The molecule has 2 N–H and O–H groups in total. The largest absolute Gasteiger partial charge is 0.319 e. The Labute approximate surface area is 104 Å². The van der Waals surface area contributed by atoms with Gasteiger partial charge >= 0.3 is 0 Å². The average Bonchev–Trinajstić information content (AvgIpc) is 2.26. The molecule has 4 fully saturated rings.